The number of amides is 4. The summed E-state index contributed by atoms with van der Waals surface area (Å²) in [5.74, 6) is 0.287. The number of hydrogen-bond donors (Lipinski definition) is 4. The van der Waals surface area contributed by atoms with Gasteiger partial charge in [-0.3, -0.25) is 19.2 Å². The summed E-state index contributed by atoms with van der Waals surface area (Å²) in [4.78, 5) is 47.5. The number of para-hydroxylation sites is 2. The molecule has 0 aliphatic rings. The molecule has 2 aromatic carbocycles. The molecule has 0 aliphatic heterocycles. The predicted molar refractivity (Wildman–Crippen MR) is 149 cm³/mol. The van der Waals surface area contributed by atoms with E-state index in [2.05, 4.69) is 21.3 Å². The number of benzene rings is 2. The fourth-order valence-corrected chi connectivity index (χ4v) is 4.79. The standard InChI is InChI=1S/C26H34N4O4S2/c31-23(29-21-11-3-1-4-12-21)15-7-9-17-27-25(33)19-35-36-20-26(34)28-18-10-8-16-24(32)30-22-13-5-2-6-14-22/h1-6,11-14H,7-10,15-20H2,(H,27,33)(H,28,34)(H,29,31)(H,30,32). The Morgan fingerprint density at radius 2 is 0.917 bits per heavy atom. The Bertz CT molecular complexity index is 868. The average Bonchev–Trinajstić information content (AvgIpc) is 2.87. The molecule has 36 heavy (non-hydrogen) atoms. The molecule has 8 nitrogen and oxygen atoms in total. The zero-order chi connectivity index (χ0) is 25.8. The Balaban J connectivity index is 1.37. The maximum atomic E-state index is 11.9. The largest absolute Gasteiger partial charge is 0.355 e. The number of unbranched alkanes of at least 4 members (excludes halogenated alkanes) is 2. The first-order chi connectivity index (χ1) is 17.5. The molecule has 0 heterocycles. The number of anilines is 2. The van der Waals surface area contributed by atoms with Crippen molar-refractivity contribution in [2.75, 3.05) is 35.2 Å². The lowest BCUT2D eigenvalue weighted by Crippen LogP contribution is -2.27. The van der Waals surface area contributed by atoms with Gasteiger partial charge in [0.15, 0.2) is 0 Å². The van der Waals surface area contributed by atoms with E-state index in [9.17, 15) is 19.2 Å². The average molecular weight is 531 g/mol. The molecule has 4 N–H and O–H groups in total. The number of rotatable bonds is 17. The van der Waals surface area contributed by atoms with Gasteiger partial charge in [0.05, 0.1) is 11.5 Å². The van der Waals surface area contributed by atoms with E-state index in [4.69, 9.17) is 0 Å². The normalized spacial score (nSPS) is 10.3. The maximum absolute atomic E-state index is 11.9. The molecule has 10 heteroatoms. The Hall–Kier alpha value is -2.98. The van der Waals surface area contributed by atoms with Gasteiger partial charge in [0, 0.05) is 37.3 Å². The molecule has 0 aromatic heterocycles. The van der Waals surface area contributed by atoms with Crippen LogP contribution in [0.25, 0.3) is 0 Å². The Morgan fingerprint density at radius 1 is 0.528 bits per heavy atom. The Labute approximate surface area is 220 Å². The van der Waals surface area contributed by atoms with Gasteiger partial charge in [-0.2, -0.15) is 0 Å². The van der Waals surface area contributed by atoms with Gasteiger partial charge >= 0.3 is 0 Å². The van der Waals surface area contributed by atoms with Gasteiger partial charge in [-0.1, -0.05) is 58.0 Å². The van der Waals surface area contributed by atoms with E-state index in [1.165, 1.54) is 21.6 Å². The van der Waals surface area contributed by atoms with Gasteiger partial charge in [0.1, 0.15) is 0 Å². The van der Waals surface area contributed by atoms with Crippen LogP contribution in [0.15, 0.2) is 60.7 Å². The van der Waals surface area contributed by atoms with E-state index in [0.717, 1.165) is 24.2 Å². The number of carbonyl (C=O) groups excluding carboxylic acids is 4. The number of hydrogen-bond acceptors (Lipinski definition) is 6. The SMILES string of the molecule is O=C(CSSCC(=O)NCCCCC(=O)Nc1ccccc1)NCCCCC(=O)Nc1ccccc1. The minimum absolute atomic E-state index is 0.0358. The highest BCUT2D eigenvalue weighted by Gasteiger charge is 2.07. The summed E-state index contributed by atoms with van der Waals surface area (Å²) < 4.78 is 0. The molecule has 0 fully saturated rings. The molecule has 0 saturated heterocycles. The van der Waals surface area contributed by atoms with Crippen LogP contribution < -0.4 is 21.3 Å². The Morgan fingerprint density at radius 3 is 1.31 bits per heavy atom. The summed E-state index contributed by atoms with van der Waals surface area (Å²) in [6.07, 6.45) is 3.65. The highest BCUT2D eigenvalue weighted by molar-refractivity contribution is 8.77. The van der Waals surface area contributed by atoms with Gasteiger partial charge in [-0.15, -0.1) is 0 Å². The maximum Gasteiger partial charge on any atom is 0.230 e. The second-order valence-corrected chi connectivity index (χ2v) is 10.4. The molecule has 194 valence electrons. The van der Waals surface area contributed by atoms with Crippen LogP contribution in [0.4, 0.5) is 11.4 Å². The van der Waals surface area contributed by atoms with Crippen LogP contribution in [0.5, 0.6) is 0 Å². The van der Waals surface area contributed by atoms with E-state index >= 15 is 0 Å². The first-order valence-corrected chi connectivity index (χ1v) is 14.5. The molecule has 4 amide bonds. The summed E-state index contributed by atoms with van der Waals surface area (Å²) in [6, 6.07) is 18.6. The van der Waals surface area contributed by atoms with E-state index < -0.39 is 0 Å². The lowest BCUT2D eigenvalue weighted by Gasteiger charge is -2.07. The summed E-state index contributed by atoms with van der Waals surface area (Å²) in [6.45, 7) is 1.04. The van der Waals surface area contributed by atoms with Crippen molar-refractivity contribution >= 4 is 56.6 Å². The van der Waals surface area contributed by atoms with Gasteiger partial charge in [-0.25, -0.2) is 0 Å². The van der Waals surface area contributed by atoms with Crippen molar-refractivity contribution in [2.24, 2.45) is 0 Å². The number of carbonyl (C=O) groups is 4. The van der Waals surface area contributed by atoms with Crippen LogP contribution in [-0.4, -0.2) is 48.2 Å². The monoisotopic (exact) mass is 530 g/mol. The Kier molecular flexibility index (Phi) is 14.9. The van der Waals surface area contributed by atoms with Crippen molar-refractivity contribution in [3.05, 3.63) is 60.7 Å². The van der Waals surface area contributed by atoms with Crippen molar-refractivity contribution in [3.8, 4) is 0 Å². The second kappa shape index (κ2) is 18.3. The summed E-state index contributed by atoms with van der Waals surface area (Å²) in [5.41, 5.74) is 1.56. The molecular weight excluding hydrogens is 496 g/mol. The zero-order valence-corrected chi connectivity index (χ0v) is 21.9. The lowest BCUT2D eigenvalue weighted by atomic mass is 10.2. The van der Waals surface area contributed by atoms with E-state index in [-0.39, 0.29) is 35.1 Å². The minimum Gasteiger partial charge on any atom is -0.355 e. The fourth-order valence-electron chi connectivity index (χ4n) is 3.06. The topological polar surface area (TPSA) is 116 Å². The van der Waals surface area contributed by atoms with Crippen LogP contribution in [0.2, 0.25) is 0 Å². The molecule has 2 aromatic rings. The molecule has 0 radical (unpaired) electrons. The molecular formula is C26H34N4O4S2. The molecule has 0 saturated carbocycles. The van der Waals surface area contributed by atoms with Crippen LogP contribution >= 0.6 is 21.6 Å². The molecule has 0 unspecified atom stereocenters. The van der Waals surface area contributed by atoms with Crippen molar-refractivity contribution in [1.82, 2.24) is 10.6 Å². The van der Waals surface area contributed by atoms with Gasteiger partial charge in [0.2, 0.25) is 23.6 Å². The van der Waals surface area contributed by atoms with Crippen LogP contribution in [0, 0.1) is 0 Å². The highest BCUT2D eigenvalue weighted by atomic mass is 33.1. The van der Waals surface area contributed by atoms with Crippen molar-refractivity contribution in [3.63, 3.8) is 0 Å². The molecule has 0 bridgehead atoms. The number of nitrogens with one attached hydrogen (secondary N) is 4. The summed E-state index contributed by atoms with van der Waals surface area (Å²) in [7, 11) is 2.67. The first-order valence-electron chi connectivity index (χ1n) is 12.0. The van der Waals surface area contributed by atoms with Crippen LogP contribution in [0.3, 0.4) is 0 Å². The third-order valence-corrected chi connectivity index (χ3v) is 7.02. The van der Waals surface area contributed by atoms with Gasteiger partial charge in [-0.05, 0) is 49.9 Å². The molecule has 0 spiro atoms. The molecule has 0 atom stereocenters. The van der Waals surface area contributed by atoms with Crippen LogP contribution in [-0.2, 0) is 19.2 Å². The van der Waals surface area contributed by atoms with Crippen molar-refractivity contribution < 1.29 is 19.2 Å². The smallest absolute Gasteiger partial charge is 0.230 e. The van der Waals surface area contributed by atoms with E-state index in [1.807, 2.05) is 60.7 Å². The van der Waals surface area contributed by atoms with Gasteiger partial charge < -0.3 is 21.3 Å². The third-order valence-electron chi connectivity index (χ3n) is 4.88. The van der Waals surface area contributed by atoms with E-state index in [1.54, 1.807) is 0 Å². The molecule has 0 aliphatic carbocycles. The second-order valence-electron chi connectivity index (χ2n) is 7.97. The van der Waals surface area contributed by atoms with Crippen LogP contribution in [0.1, 0.15) is 38.5 Å². The fraction of sp³-hybridized carbons (Fsp3) is 0.385. The lowest BCUT2D eigenvalue weighted by molar-refractivity contribution is -0.119. The first kappa shape index (κ1) is 29.3. The quantitative estimate of drug-likeness (QED) is 0.180. The predicted octanol–water partition coefficient (Wildman–Crippen LogP) is 4.22. The summed E-state index contributed by atoms with van der Waals surface area (Å²) in [5, 5.41) is 11.3. The van der Waals surface area contributed by atoms with E-state index in [0.29, 0.717) is 38.8 Å². The minimum atomic E-state index is -0.0876. The van der Waals surface area contributed by atoms with Gasteiger partial charge in [0.25, 0.3) is 0 Å². The van der Waals surface area contributed by atoms with Crippen molar-refractivity contribution in [1.29, 1.82) is 0 Å². The summed E-state index contributed by atoms with van der Waals surface area (Å²) >= 11 is 0. The highest BCUT2D eigenvalue weighted by Crippen LogP contribution is 2.20. The zero-order valence-electron chi connectivity index (χ0n) is 20.3. The van der Waals surface area contributed by atoms with Crippen molar-refractivity contribution in [2.45, 2.75) is 38.5 Å². The molecule has 2 rings (SSSR count). The third kappa shape index (κ3) is 14.4.